The van der Waals surface area contributed by atoms with E-state index in [1.807, 2.05) is 0 Å². The van der Waals surface area contributed by atoms with Crippen LogP contribution in [0, 0.1) is 0 Å². The van der Waals surface area contributed by atoms with Gasteiger partial charge in [0.25, 0.3) is 5.60 Å². The number of aryl methyl sites for hydroxylation is 2. The second-order valence-corrected chi connectivity index (χ2v) is 11.1. The van der Waals surface area contributed by atoms with Crippen LogP contribution in [-0.4, -0.2) is 59.2 Å². The molecule has 16 heteroatoms. The lowest BCUT2D eigenvalue weighted by Crippen LogP contribution is -2.54. The van der Waals surface area contributed by atoms with Gasteiger partial charge in [-0.05, 0) is 73.6 Å². The summed E-state index contributed by atoms with van der Waals surface area (Å²) in [5.41, 5.74) is -7.46. The van der Waals surface area contributed by atoms with Crippen molar-refractivity contribution in [1.29, 1.82) is 0 Å². The molecule has 46 heavy (non-hydrogen) atoms. The minimum Gasteiger partial charge on any atom is -0.493 e. The van der Waals surface area contributed by atoms with Crippen LogP contribution in [0.5, 0.6) is 11.5 Å². The molecule has 1 fully saturated rings. The Kier molecular flexibility index (Phi) is 11.2. The molecule has 3 rings (SSSR count). The van der Waals surface area contributed by atoms with Gasteiger partial charge >= 0.3 is 18.7 Å². The average Bonchev–Trinajstić information content (AvgIpc) is 3.15. The van der Waals surface area contributed by atoms with Crippen LogP contribution in [0.2, 0.25) is 0 Å². The fourth-order valence-electron chi connectivity index (χ4n) is 5.32. The Bertz CT molecular complexity index is 1310. The number of alkyl halides is 9. The maximum atomic E-state index is 13.6. The van der Waals surface area contributed by atoms with Crippen molar-refractivity contribution in [1.82, 2.24) is 10.2 Å². The Morgan fingerprint density at radius 3 is 1.87 bits per heavy atom. The van der Waals surface area contributed by atoms with Crippen LogP contribution < -0.4 is 14.8 Å². The summed E-state index contributed by atoms with van der Waals surface area (Å²) in [4.78, 5) is 14.3. The molecule has 0 bridgehead atoms. The first kappa shape index (κ1) is 37.2. The molecule has 7 nitrogen and oxygen atoms in total. The minimum absolute atomic E-state index is 0.0218. The summed E-state index contributed by atoms with van der Waals surface area (Å²) in [6, 6.07) is 5.93. The van der Waals surface area contributed by atoms with E-state index in [1.54, 1.807) is 13.8 Å². The minimum atomic E-state index is -6.03. The van der Waals surface area contributed by atoms with E-state index in [2.05, 4.69) is 10.1 Å². The third kappa shape index (κ3) is 7.82. The number of aliphatic hydroxyl groups is 2. The Labute approximate surface area is 259 Å². The molecule has 1 aliphatic heterocycles. The summed E-state index contributed by atoms with van der Waals surface area (Å²) in [5.74, 6) is -0.917. The van der Waals surface area contributed by atoms with Gasteiger partial charge in [-0.1, -0.05) is 38.8 Å². The van der Waals surface area contributed by atoms with Crippen molar-refractivity contribution in [3.63, 3.8) is 0 Å². The summed E-state index contributed by atoms with van der Waals surface area (Å²) >= 11 is 0. The summed E-state index contributed by atoms with van der Waals surface area (Å²) in [6.07, 6.45) is -17.0. The zero-order valence-electron chi connectivity index (χ0n) is 25.2. The number of nitrogens with zero attached hydrogens (tertiary/aromatic N) is 1. The van der Waals surface area contributed by atoms with Crippen LogP contribution in [0.3, 0.4) is 0 Å². The van der Waals surface area contributed by atoms with Crippen LogP contribution >= 0.6 is 0 Å². The summed E-state index contributed by atoms with van der Waals surface area (Å²) in [6.45, 7) is 4.81. The standard InChI is InChI=1S/C30H35F9N2O5/c1-4-8-18-16-21(27(44,28(31,32)33)29(34,35)36)17-19(9-5-2)23(18)45-15-7-6-14-41-24(42)26(3,40-25(41)43)20-10-12-22(13-11-20)46-30(37,38)39/h10-13,16-17,25,40,43-44H,4-9,14-15H2,1-3H3. The zero-order valence-corrected chi connectivity index (χ0v) is 25.2. The molecule has 2 atom stereocenters. The molecule has 1 heterocycles. The number of unbranched alkanes of at least 4 members (excludes halogenated alkanes) is 1. The van der Waals surface area contributed by atoms with Crippen molar-refractivity contribution in [3.8, 4) is 11.5 Å². The van der Waals surface area contributed by atoms with Crippen molar-refractivity contribution < 1.29 is 64.0 Å². The van der Waals surface area contributed by atoms with Gasteiger partial charge in [0.15, 0.2) is 6.35 Å². The lowest BCUT2D eigenvalue weighted by Gasteiger charge is -2.33. The molecule has 3 N–H and O–H groups in total. The van der Waals surface area contributed by atoms with Crippen LogP contribution in [-0.2, 0) is 28.8 Å². The number of aliphatic hydroxyl groups excluding tert-OH is 1. The predicted octanol–water partition coefficient (Wildman–Crippen LogP) is 6.58. The first-order valence-electron chi connectivity index (χ1n) is 14.5. The Hall–Kier alpha value is -3.24. The highest BCUT2D eigenvalue weighted by Gasteiger charge is 2.71. The smallest absolute Gasteiger partial charge is 0.493 e. The van der Waals surface area contributed by atoms with Crippen LogP contribution in [0.15, 0.2) is 36.4 Å². The molecule has 2 aromatic carbocycles. The molecule has 1 aliphatic rings. The lowest BCUT2D eigenvalue weighted by atomic mass is 9.87. The van der Waals surface area contributed by atoms with E-state index in [0.717, 1.165) is 17.0 Å². The maximum Gasteiger partial charge on any atom is 0.573 e. The van der Waals surface area contributed by atoms with E-state index in [9.17, 15) is 54.5 Å². The Balaban J connectivity index is 1.72. The molecular formula is C30H35F9N2O5. The number of ether oxygens (including phenoxy) is 2. The van der Waals surface area contributed by atoms with Crippen molar-refractivity contribution in [3.05, 3.63) is 58.7 Å². The number of nitrogens with one attached hydrogen (secondary N) is 1. The van der Waals surface area contributed by atoms with Crippen LogP contribution in [0.4, 0.5) is 39.5 Å². The number of carbonyl (C=O) groups is 1. The van der Waals surface area contributed by atoms with Crippen LogP contribution in [0.1, 0.15) is 68.7 Å². The van der Waals surface area contributed by atoms with E-state index in [4.69, 9.17) is 4.74 Å². The molecular weight excluding hydrogens is 639 g/mol. The Morgan fingerprint density at radius 1 is 0.891 bits per heavy atom. The molecule has 2 unspecified atom stereocenters. The summed E-state index contributed by atoms with van der Waals surface area (Å²) in [7, 11) is 0. The van der Waals surface area contributed by atoms with Gasteiger partial charge in [0.1, 0.15) is 17.0 Å². The number of rotatable bonds is 13. The number of hydrogen-bond acceptors (Lipinski definition) is 6. The lowest BCUT2D eigenvalue weighted by molar-refractivity contribution is -0.376. The van der Waals surface area contributed by atoms with Crippen molar-refractivity contribution >= 4 is 5.91 Å². The predicted molar refractivity (Wildman–Crippen MR) is 147 cm³/mol. The molecule has 1 saturated heterocycles. The fourth-order valence-corrected chi connectivity index (χ4v) is 5.32. The average molecular weight is 675 g/mol. The SMILES string of the molecule is CCCc1cc(C(O)(C(F)(F)F)C(F)(F)F)cc(CCC)c1OCCCCN1C(=O)C(C)(c2ccc(OC(F)(F)F)cc2)NC1O. The zero-order chi connectivity index (χ0) is 34.7. The Morgan fingerprint density at radius 2 is 1.41 bits per heavy atom. The highest BCUT2D eigenvalue weighted by molar-refractivity contribution is 5.89. The molecule has 1 amide bonds. The van der Waals surface area contributed by atoms with E-state index >= 15 is 0 Å². The van der Waals surface area contributed by atoms with Gasteiger partial charge in [-0.25, -0.2) is 0 Å². The van der Waals surface area contributed by atoms with E-state index < -0.39 is 53.4 Å². The van der Waals surface area contributed by atoms with Gasteiger partial charge in [-0.2, -0.15) is 26.3 Å². The van der Waals surface area contributed by atoms with Crippen molar-refractivity contribution in [2.45, 2.75) is 95.5 Å². The maximum absolute atomic E-state index is 13.6. The summed E-state index contributed by atoms with van der Waals surface area (Å²) < 4.78 is 129. The highest BCUT2D eigenvalue weighted by Crippen LogP contribution is 2.51. The van der Waals surface area contributed by atoms with E-state index in [-0.39, 0.29) is 61.3 Å². The van der Waals surface area contributed by atoms with E-state index in [0.29, 0.717) is 25.0 Å². The quantitative estimate of drug-likeness (QED) is 0.164. The number of benzene rings is 2. The van der Waals surface area contributed by atoms with Crippen LogP contribution in [0.25, 0.3) is 0 Å². The third-order valence-electron chi connectivity index (χ3n) is 7.63. The topological polar surface area (TPSA) is 91.3 Å². The second-order valence-electron chi connectivity index (χ2n) is 11.1. The molecule has 258 valence electrons. The number of amides is 1. The molecule has 0 radical (unpaired) electrons. The first-order chi connectivity index (χ1) is 21.2. The normalized spacial score (nSPS) is 19.6. The highest BCUT2D eigenvalue weighted by atomic mass is 19.4. The van der Waals surface area contributed by atoms with Gasteiger partial charge in [-0.3, -0.25) is 10.1 Å². The van der Waals surface area contributed by atoms with Gasteiger partial charge in [0.2, 0.25) is 5.91 Å². The molecule has 0 saturated carbocycles. The van der Waals surface area contributed by atoms with Crippen molar-refractivity contribution in [2.75, 3.05) is 13.2 Å². The van der Waals surface area contributed by atoms with Gasteiger partial charge in [0, 0.05) is 12.1 Å². The second kappa shape index (κ2) is 13.9. The van der Waals surface area contributed by atoms with Gasteiger partial charge in [0.05, 0.1) is 6.61 Å². The number of hydrogen-bond donors (Lipinski definition) is 3. The van der Waals surface area contributed by atoms with E-state index in [1.165, 1.54) is 19.1 Å². The van der Waals surface area contributed by atoms with Gasteiger partial charge in [-0.15, -0.1) is 13.2 Å². The largest absolute Gasteiger partial charge is 0.573 e. The molecule has 0 aromatic heterocycles. The van der Waals surface area contributed by atoms with Crippen molar-refractivity contribution in [2.24, 2.45) is 0 Å². The third-order valence-corrected chi connectivity index (χ3v) is 7.63. The number of carbonyl (C=O) groups excluding carboxylic acids is 1. The first-order valence-corrected chi connectivity index (χ1v) is 14.5. The van der Waals surface area contributed by atoms with Gasteiger partial charge < -0.3 is 24.6 Å². The fraction of sp³-hybridized carbons (Fsp3) is 0.567. The monoisotopic (exact) mass is 674 g/mol. The molecule has 0 aliphatic carbocycles. The summed E-state index contributed by atoms with van der Waals surface area (Å²) in [5, 5.41) is 23.2. The molecule has 0 spiro atoms. The molecule has 2 aromatic rings. The number of halogens is 9.